The molecule has 3 heterocycles. The van der Waals surface area contributed by atoms with Crippen molar-refractivity contribution in [3.8, 4) is 0 Å². The molecule has 104 valence electrons. The molecule has 6 heteroatoms. The quantitative estimate of drug-likeness (QED) is 0.915. The summed E-state index contributed by atoms with van der Waals surface area (Å²) in [5.74, 6) is 1.46. The predicted molar refractivity (Wildman–Crippen MR) is 77.5 cm³/mol. The molecule has 0 unspecified atom stereocenters. The van der Waals surface area contributed by atoms with Gasteiger partial charge in [-0.3, -0.25) is 4.98 Å². The maximum atomic E-state index is 4.52. The van der Waals surface area contributed by atoms with Crippen LogP contribution in [0.15, 0.2) is 30.6 Å². The van der Waals surface area contributed by atoms with E-state index in [1.54, 1.807) is 12.4 Å². The second kappa shape index (κ2) is 6.27. The lowest BCUT2D eigenvalue weighted by Crippen LogP contribution is -2.31. The minimum absolute atomic E-state index is 0.638. The van der Waals surface area contributed by atoms with Crippen molar-refractivity contribution in [3.05, 3.63) is 36.3 Å². The van der Waals surface area contributed by atoms with E-state index in [9.17, 15) is 0 Å². The first-order valence-corrected chi connectivity index (χ1v) is 7.00. The summed E-state index contributed by atoms with van der Waals surface area (Å²) in [4.78, 5) is 11.0. The number of aromatic nitrogens is 4. The van der Waals surface area contributed by atoms with Crippen LogP contribution < -0.4 is 10.2 Å². The molecule has 0 amide bonds. The Morgan fingerprint density at radius 1 is 1.15 bits per heavy atom. The molecule has 0 saturated carbocycles. The van der Waals surface area contributed by atoms with E-state index in [1.807, 2.05) is 18.2 Å². The lowest BCUT2D eigenvalue weighted by atomic mass is 10.1. The maximum Gasteiger partial charge on any atom is 0.247 e. The number of nitrogens with zero attached hydrogens (tertiary/aromatic N) is 5. The Morgan fingerprint density at radius 3 is 2.85 bits per heavy atom. The predicted octanol–water partition coefficient (Wildman–Crippen LogP) is 1.87. The van der Waals surface area contributed by atoms with Gasteiger partial charge < -0.3 is 10.2 Å². The molecule has 20 heavy (non-hydrogen) atoms. The van der Waals surface area contributed by atoms with Gasteiger partial charge >= 0.3 is 0 Å². The Kier molecular flexibility index (Phi) is 4.01. The van der Waals surface area contributed by atoms with Crippen molar-refractivity contribution in [1.29, 1.82) is 0 Å². The Balaban J connectivity index is 1.65. The summed E-state index contributed by atoms with van der Waals surface area (Å²) in [7, 11) is 0. The SMILES string of the molecule is c1ccc(CNc2cnnc(N3CCCCC3)n2)nc1. The average Bonchev–Trinajstić information content (AvgIpc) is 2.55. The molecule has 0 aliphatic carbocycles. The van der Waals surface area contributed by atoms with Gasteiger partial charge in [-0.2, -0.15) is 10.1 Å². The van der Waals surface area contributed by atoms with Crippen LogP contribution in [0.4, 0.5) is 11.8 Å². The fourth-order valence-corrected chi connectivity index (χ4v) is 2.29. The third-order valence-electron chi connectivity index (χ3n) is 3.36. The first-order valence-electron chi connectivity index (χ1n) is 7.00. The zero-order valence-corrected chi connectivity index (χ0v) is 11.4. The molecule has 2 aromatic rings. The van der Waals surface area contributed by atoms with Gasteiger partial charge in [0.1, 0.15) is 0 Å². The standard InChI is InChI=1S/C14H18N6/c1-4-8-20(9-5-1)14-18-13(11-17-19-14)16-10-12-6-2-3-7-15-12/h2-3,6-7,11H,1,4-5,8-10H2,(H,16,18,19). The van der Waals surface area contributed by atoms with Gasteiger partial charge in [-0.15, -0.1) is 5.10 Å². The van der Waals surface area contributed by atoms with E-state index in [1.165, 1.54) is 19.3 Å². The lowest BCUT2D eigenvalue weighted by Gasteiger charge is -2.26. The summed E-state index contributed by atoms with van der Waals surface area (Å²) in [6.07, 6.45) is 7.14. The molecule has 2 aromatic heterocycles. The monoisotopic (exact) mass is 270 g/mol. The van der Waals surface area contributed by atoms with Crippen molar-refractivity contribution in [2.24, 2.45) is 0 Å². The molecule has 1 aliphatic heterocycles. The van der Waals surface area contributed by atoms with Gasteiger partial charge in [0.15, 0.2) is 5.82 Å². The van der Waals surface area contributed by atoms with Gasteiger partial charge in [-0.25, -0.2) is 0 Å². The number of hydrogen-bond acceptors (Lipinski definition) is 6. The van der Waals surface area contributed by atoms with E-state index in [0.717, 1.165) is 30.5 Å². The number of hydrogen-bond donors (Lipinski definition) is 1. The second-order valence-corrected chi connectivity index (χ2v) is 4.86. The van der Waals surface area contributed by atoms with Crippen LogP contribution >= 0.6 is 0 Å². The van der Waals surface area contributed by atoms with Gasteiger partial charge in [0, 0.05) is 19.3 Å². The highest BCUT2D eigenvalue weighted by molar-refractivity contribution is 5.39. The number of nitrogens with one attached hydrogen (secondary N) is 1. The van der Waals surface area contributed by atoms with Gasteiger partial charge in [0.25, 0.3) is 0 Å². The zero-order valence-electron chi connectivity index (χ0n) is 11.4. The molecule has 3 rings (SSSR count). The van der Waals surface area contributed by atoms with Crippen molar-refractivity contribution >= 4 is 11.8 Å². The van der Waals surface area contributed by atoms with E-state index in [0.29, 0.717) is 6.54 Å². The van der Waals surface area contributed by atoms with Gasteiger partial charge in [0.2, 0.25) is 5.95 Å². The molecule has 0 aromatic carbocycles. The summed E-state index contributed by atoms with van der Waals surface area (Å²) >= 11 is 0. The summed E-state index contributed by atoms with van der Waals surface area (Å²) in [5, 5.41) is 11.4. The molecule has 6 nitrogen and oxygen atoms in total. The van der Waals surface area contributed by atoms with Crippen molar-refractivity contribution in [2.45, 2.75) is 25.8 Å². The van der Waals surface area contributed by atoms with E-state index in [2.05, 4.69) is 30.4 Å². The number of rotatable bonds is 4. The minimum Gasteiger partial charge on any atom is -0.363 e. The smallest absolute Gasteiger partial charge is 0.247 e. The van der Waals surface area contributed by atoms with Crippen molar-refractivity contribution < 1.29 is 0 Å². The molecule has 0 atom stereocenters. The highest BCUT2D eigenvalue weighted by atomic mass is 15.3. The topological polar surface area (TPSA) is 66.8 Å². The summed E-state index contributed by atoms with van der Waals surface area (Å²) in [6, 6.07) is 5.86. The van der Waals surface area contributed by atoms with Crippen LogP contribution in [0, 0.1) is 0 Å². The van der Waals surface area contributed by atoms with Crippen LogP contribution in [-0.2, 0) is 6.54 Å². The molecule has 1 fully saturated rings. The van der Waals surface area contributed by atoms with Crippen LogP contribution in [0.2, 0.25) is 0 Å². The number of piperidine rings is 1. The van der Waals surface area contributed by atoms with Crippen molar-refractivity contribution in [1.82, 2.24) is 20.2 Å². The fraction of sp³-hybridized carbons (Fsp3) is 0.429. The Hall–Kier alpha value is -2.24. The van der Waals surface area contributed by atoms with Crippen LogP contribution in [0.1, 0.15) is 25.0 Å². The first-order chi connectivity index (χ1) is 9.92. The molecule has 0 spiro atoms. The van der Waals surface area contributed by atoms with E-state index in [4.69, 9.17) is 0 Å². The van der Waals surface area contributed by atoms with Gasteiger partial charge in [0.05, 0.1) is 18.4 Å². The van der Waals surface area contributed by atoms with Crippen LogP contribution in [-0.4, -0.2) is 33.3 Å². The number of anilines is 2. The Labute approximate surface area is 118 Å². The van der Waals surface area contributed by atoms with Crippen LogP contribution in [0.25, 0.3) is 0 Å². The van der Waals surface area contributed by atoms with Crippen LogP contribution in [0.5, 0.6) is 0 Å². The van der Waals surface area contributed by atoms with E-state index < -0.39 is 0 Å². The van der Waals surface area contributed by atoms with Gasteiger partial charge in [-0.1, -0.05) is 6.07 Å². The normalized spacial score (nSPS) is 15.1. The zero-order chi connectivity index (χ0) is 13.6. The maximum absolute atomic E-state index is 4.52. The van der Waals surface area contributed by atoms with E-state index in [-0.39, 0.29) is 0 Å². The number of pyridine rings is 1. The molecular formula is C14H18N6. The highest BCUT2D eigenvalue weighted by Gasteiger charge is 2.14. The molecule has 0 radical (unpaired) electrons. The third-order valence-corrected chi connectivity index (χ3v) is 3.36. The van der Waals surface area contributed by atoms with Crippen molar-refractivity contribution in [2.75, 3.05) is 23.3 Å². The van der Waals surface area contributed by atoms with Gasteiger partial charge in [-0.05, 0) is 31.4 Å². The Morgan fingerprint density at radius 2 is 2.05 bits per heavy atom. The summed E-state index contributed by atoms with van der Waals surface area (Å²) in [5.41, 5.74) is 0.977. The van der Waals surface area contributed by atoms with E-state index >= 15 is 0 Å². The molecule has 0 bridgehead atoms. The Bertz CT molecular complexity index is 538. The average molecular weight is 270 g/mol. The molecule has 1 saturated heterocycles. The minimum atomic E-state index is 0.638. The third kappa shape index (κ3) is 3.20. The summed E-state index contributed by atoms with van der Waals surface area (Å²) in [6.45, 7) is 2.68. The van der Waals surface area contributed by atoms with Crippen molar-refractivity contribution in [3.63, 3.8) is 0 Å². The molecular weight excluding hydrogens is 252 g/mol. The van der Waals surface area contributed by atoms with Crippen LogP contribution in [0.3, 0.4) is 0 Å². The fourth-order valence-electron chi connectivity index (χ4n) is 2.29. The lowest BCUT2D eigenvalue weighted by molar-refractivity contribution is 0.565. The summed E-state index contributed by atoms with van der Waals surface area (Å²) < 4.78 is 0. The molecule has 1 N–H and O–H groups in total. The largest absolute Gasteiger partial charge is 0.363 e. The molecule has 1 aliphatic rings. The first kappa shape index (κ1) is 12.8. The highest BCUT2D eigenvalue weighted by Crippen LogP contribution is 2.16. The second-order valence-electron chi connectivity index (χ2n) is 4.86.